The van der Waals surface area contributed by atoms with Crippen molar-refractivity contribution in [1.29, 1.82) is 0 Å². The van der Waals surface area contributed by atoms with E-state index in [1.807, 2.05) is 12.1 Å². The highest BCUT2D eigenvalue weighted by Gasteiger charge is 2.18. The van der Waals surface area contributed by atoms with E-state index in [4.69, 9.17) is 5.11 Å². The zero-order chi connectivity index (χ0) is 11.4. The molecule has 0 fully saturated rings. The Labute approximate surface area is 95.5 Å². The quantitative estimate of drug-likeness (QED) is 0.818. The lowest BCUT2D eigenvalue weighted by atomic mass is 9.89. The van der Waals surface area contributed by atoms with Gasteiger partial charge < -0.3 is 10.4 Å². The molecule has 1 aromatic rings. The van der Waals surface area contributed by atoms with Crippen LogP contribution in [0.3, 0.4) is 0 Å². The molecule has 1 heterocycles. The Balaban J connectivity index is 2.15. The summed E-state index contributed by atoms with van der Waals surface area (Å²) < 4.78 is 0. The van der Waals surface area contributed by atoms with Crippen molar-refractivity contribution >= 4 is 5.97 Å². The first kappa shape index (κ1) is 11.1. The number of carboxylic acids is 1. The van der Waals surface area contributed by atoms with E-state index < -0.39 is 5.97 Å². The van der Waals surface area contributed by atoms with Gasteiger partial charge in [-0.1, -0.05) is 24.3 Å². The number of fused-ring (bicyclic) bond motifs is 1. The van der Waals surface area contributed by atoms with E-state index >= 15 is 0 Å². The monoisotopic (exact) mass is 219 g/mol. The van der Waals surface area contributed by atoms with Crippen molar-refractivity contribution in [2.75, 3.05) is 6.54 Å². The van der Waals surface area contributed by atoms with Crippen LogP contribution in [0.15, 0.2) is 24.3 Å². The van der Waals surface area contributed by atoms with Crippen molar-refractivity contribution in [3.63, 3.8) is 0 Å². The second-order valence-electron chi connectivity index (χ2n) is 4.29. The van der Waals surface area contributed by atoms with Gasteiger partial charge in [-0.3, -0.25) is 4.79 Å². The lowest BCUT2D eigenvalue weighted by Gasteiger charge is -2.15. The Bertz CT molecular complexity index is 376. The van der Waals surface area contributed by atoms with Gasteiger partial charge in [0.2, 0.25) is 0 Å². The number of benzene rings is 1. The summed E-state index contributed by atoms with van der Waals surface area (Å²) in [5.41, 5.74) is 2.64. The molecular formula is C13H17NO2. The molecule has 0 spiro atoms. The van der Waals surface area contributed by atoms with Gasteiger partial charge in [-0.15, -0.1) is 0 Å². The van der Waals surface area contributed by atoms with Crippen LogP contribution in [0.2, 0.25) is 0 Å². The highest BCUT2D eigenvalue weighted by Crippen LogP contribution is 2.29. The van der Waals surface area contributed by atoms with E-state index in [0.29, 0.717) is 5.92 Å². The van der Waals surface area contributed by atoms with Crippen molar-refractivity contribution in [3.8, 4) is 0 Å². The molecule has 0 radical (unpaired) electrons. The van der Waals surface area contributed by atoms with Gasteiger partial charge in [-0.05, 0) is 36.4 Å². The van der Waals surface area contributed by atoms with Gasteiger partial charge in [0, 0.05) is 13.0 Å². The minimum atomic E-state index is -0.699. The summed E-state index contributed by atoms with van der Waals surface area (Å²) in [6.45, 7) is 1.87. The first-order valence-electron chi connectivity index (χ1n) is 5.77. The fourth-order valence-electron chi connectivity index (χ4n) is 2.35. The van der Waals surface area contributed by atoms with Crippen LogP contribution in [0.1, 0.15) is 36.3 Å². The molecule has 1 atom stereocenters. The van der Waals surface area contributed by atoms with Gasteiger partial charge in [0.1, 0.15) is 0 Å². The minimum absolute atomic E-state index is 0.263. The molecule has 1 aliphatic rings. The summed E-state index contributed by atoms with van der Waals surface area (Å²) in [4.78, 5) is 10.6. The van der Waals surface area contributed by atoms with E-state index in [1.165, 1.54) is 11.1 Å². The molecule has 1 aliphatic heterocycles. The summed E-state index contributed by atoms with van der Waals surface area (Å²) in [7, 11) is 0. The molecule has 3 nitrogen and oxygen atoms in total. The van der Waals surface area contributed by atoms with Crippen molar-refractivity contribution in [1.82, 2.24) is 5.32 Å². The van der Waals surface area contributed by atoms with Crippen LogP contribution in [0, 0.1) is 0 Å². The molecule has 1 unspecified atom stereocenters. The number of carboxylic acid groups (broad SMARTS) is 1. The molecule has 0 saturated carbocycles. The molecular weight excluding hydrogens is 202 g/mol. The number of carbonyl (C=O) groups is 1. The standard InChI is InChI=1S/C13H17NO2/c15-13(16)6-5-10-7-8-14-9-11-3-1-2-4-12(10)11/h1-4,10,14H,5-9H2,(H,15,16). The number of aliphatic carboxylic acids is 1. The average Bonchev–Trinajstić information content (AvgIpc) is 2.48. The maximum atomic E-state index is 10.6. The molecule has 1 aromatic carbocycles. The van der Waals surface area contributed by atoms with Crippen molar-refractivity contribution in [2.24, 2.45) is 0 Å². The molecule has 16 heavy (non-hydrogen) atoms. The fraction of sp³-hybridized carbons (Fsp3) is 0.462. The first-order chi connectivity index (χ1) is 7.77. The van der Waals surface area contributed by atoms with Crippen LogP contribution in [0.25, 0.3) is 0 Å². The van der Waals surface area contributed by atoms with E-state index in [-0.39, 0.29) is 6.42 Å². The fourth-order valence-corrected chi connectivity index (χ4v) is 2.35. The van der Waals surface area contributed by atoms with Gasteiger partial charge in [0.05, 0.1) is 0 Å². The van der Waals surface area contributed by atoms with Gasteiger partial charge in [-0.25, -0.2) is 0 Å². The molecule has 2 N–H and O–H groups in total. The van der Waals surface area contributed by atoms with Crippen LogP contribution in [0.4, 0.5) is 0 Å². The first-order valence-corrected chi connectivity index (χ1v) is 5.77. The molecule has 3 heteroatoms. The molecule has 2 rings (SSSR count). The van der Waals surface area contributed by atoms with Crippen molar-refractivity contribution < 1.29 is 9.90 Å². The van der Waals surface area contributed by atoms with Gasteiger partial charge in [0.15, 0.2) is 0 Å². The Morgan fingerprint density at radius 2 is 2.25 bits per heavy atom. The van der Waals surface area contributed by atoms with Crippen molar-refractivity contribution in [3.05, 3.63) is 35.4 Å². The van der Waals surface area contributed by atoms with Crippen LogP contribution in [-0.2, 0) is 11.3 Å². The lowest BCUT2D eigenvalue weighted by molar-refractivity contribution is -0.137. The molecule has 0 amide bonds. The third kappa shape index (κ3) is 2.61. The summed E-state index contributed by atoms with van der Waals surface area (Å²) >= 11 is 0. The summed E-state index contributed by atoms with van der Waals surface area (Å²) in [5, 5.41) is 12.1. The van der Waals surface area contributed by atoms with Crippen LogP contribution in [0.5, 0.6) is 0 Å². The van der Waals surface area contributed by atoms with E-state index in [9.17, 15) is 4.79 Å². The van der Waals surface area contributed by atoms with Gasteiger partial charge in [-0.2, -0.15) is 0 Å². The van der Waals surface area contributed by atoms with Crippen LogP contribution < -0.4 is 5.32 Å². The lowest BCUT2D eigenvalue weighted by Crippen LogP contribution is -2.12. The third-order valence-corrected chi connectivity index (χ3v) is 3.19. The van der Waals surface area contributed by atoms with Crippen LogP contribution in [-0.4, -0.2) is 17.6 Å². The summed E-state index contributed by atoms with van der Waals surface area (Å²) in [6.07, 6.45) is 2.04. The highest BCUT2D eigenvalue weighted by atomic mass is 16.4. The van der Waals surface area contributed by atoms with Gasteiger partial charge in [0.25, 0.3) is 0 Å². The third-order valence-electron chi connectivity index (χ3n) is 3.19. The molecule has 0 aliphatic carbocycles. The Kier molecular flexibility index (Phi) is 3.57. The van der Waals surface area contributed by atoms with E-state index in [0.717, 1.165) is 25.9 Å². The van der Waals surface area contributed by atoms with E-state index in [2.05, 4.69) is 17.4 Å². The van der Waals surface area contributed by atoms with Crippen molar-refractivity contribution in [2.45, 2.75) is 31.7 Å². The largest absolute Gasteiger partial charge is 0.481 e. The Morgan fingerprint density at radius 3 is 3.06 bits per heavy atom. The normalized spacial score (nSPS) is 19.9. The Morgan fingerprint density at radius 1 is 1.44 bits per heavy atom. The predicted molar refractivity (Wildman–Crippen MR) is 62.4 cm³/mol. The number of hydrogen-bond donors (Lipinski definition) is 2. The molecule has 0 saturated heterocycles. The number of hydrogen-bond acceptors (Lipinski definition) is 2. The van der Waals surface area contributed by atoms with Crippen LogP contribution >= 0.6 is 0 Å². The highest BCUT2D eigenvalue weighted by molar-refractivity contribution is 5.66. The number of rotatable bonds is 3. The summed E-state index contributed by atoms with van der Waals surface area (Å²) in [5.74, 6) is -0.308. The Hall–Kier alpha value is -1.35. The van der Waals surface area contributed by atoms with Gasteiger partial charge >= 0.3 is 5.97 Å². The second kappa shape index (κ2) is 5.12. The topological polar surface area (TPSA) is 49.3 Å². The SMILES string of the molecule is O=C(O)CCC1CCNCc2ccccc21. The predicted octanol–water partition coefficient (Wildman–Crippen LogP) is 2.13. The second-order valence-corrected chi connectivity index (χ2v) is 4.29. The minimum Gasteiger partial charge on any atom is -0.481 e. The average molecular weight is 219 g/mol. The molecule has 0 bridgehead atoms. The maximum absolute atomic E-state index is 10.6. The molecule has 0 aromatic heterocycles. The smallest absolute Gasteiger partial charge is 0.303 e. The number of nitrogens with one attached hydrogen (secondary N) is 1. The maximum Gasteiger partial charge on any atom is 0.303 e. The van der Waals surface area contributed by atoms with E-state index in [1.54, 1.807) is 0 Å². The molecule has 86 valence electrons. The summed E-state index contributed by atoms with van der Waals surface area (Å²) in [6, 6.07) is 8.34. The zero-order valence-electron chi connectivity index (χ0n) is 9.28. The zero-order valence-corrected chi connectivity index (χ0v) is 9.28.